The fourth-order valence-corrected chi connectivity index (χ4v) is 4.29. The lowest BCUT2D eigenvalue weighted by atomic mass is 9.75. The molecule has 2 heterocycles. The number of amides is 1. The fraction of sp³-hybridized carbons (Fsp3) is 0.938. The lowest BCUT2D eigenvalue weighted by Gasteiger charge is -2.41. The molecule has 1 aliphatic carbocycles. The summed E-state index contributed by atoms with van der Waals surface area (Å²) in [5.74, 6) is 2.82. The maximum atomic E-state index is 12.4. The highest BCUT2D eigenvalue weighted by Crippen LogP contribution is 2.36. The van der Waals surface area contributed by atoms with Crippen molar-refractivity contribution in [2.75, 3.05) is 26.2 Å². The SMILES string of the molecule is O=C(CC1CCNCC1)N1CCC2CCCCC2C1. The second kappa shape index (κ2) is 6.25. The Balaban J connectivity index is 1.49. The summed E-state index contributed by atoms with van der Waals surface area (Å²) in [4.78, 5) is 14.6. The van der Waals surface area contributed by atoms with E-state index in [-0.39, 0.29) is 0 Å². The van der Waals surface area contributed by atoms with Crippen molar-refractivity contribution in [2.24, 2.45) is 17.8 Å². The fourth-order valence-electron chi connectivity index (χ4n) is 4.29. The van der Waals surface area contributed by atoms with E-state index in [0.29, 0.717) is 11.8 Å². The highest BCUT2D eigenvalue weighted by molar-refractivity contribution is 5.76. The number of carbonyl (C=O) groups is 1. The summed E-state index contributed by atoms with van der Waals surface area (Å²) in [7, 11) is 0. The first-order valence-corrected chi connectivity index (χ1v) is 8.31. The third kappa shape index (κ3) is 3.31. The van der Waals surface area contributed by atoms with Gasteiger partial charge in [-0.3, -0.25) is 4.79 Å². The average molecular weight is 264 g/mol. The molecule has 1 N–H and O–H groups in total. The van der Waals surface area contributed by atoms with Gasteiger partial charge in [0.1, 0.15) is 0 Å². The molecule has 2 atom stereocenters. The van der Waals surface area contributed by atoms with Crippen molar-refractivity contribution >= 4 is 5.91 Å². The lowest BCUT2D eigenvalue weighted by Crippen LogP contribution is -2.45. The van der Waals surface area contributed by atoms with Crippen LogP contribution in [0.5, 0.6) is 0 Å². The molecule has 2 aliphatic heterocycles. The predicted molar refractivity (Wildman–Crippen MR) is 76.9 cm³/mol. The largest absolute Gasteiger partial charge is 0.342 e. The Kier molecular flexibility index (Phi) is 4.42. The van der Waals surface area contributed by atoms with Gasteiger partial charge in [-0.05, 0) is 56.5 Å². The average Bonchev–Trinajstić information content (AvgIpc) is 2.48. The van der Waals surface area contributed by atoms with Crippen molar-refractivity contribution in [3.63, 3.8) is 0 Å². The predicted octanol–water partition coefficient (Wildman–Crippen LogP) is 2.41. The Hall–Kier alpha value is -0.570. The minimum absolute atomic E-state index is 0.441. The topological polar surface area (TPSA) is 32.3 Å². The zero-order chi connectivity index (χ0) is 13.1. The Morgan fingerprint density at radius 1 is 1.00 bits per heavy atom. The first-order valence-electron chi connectivity index (χ1n) is 8.31. The number of rotatable bonds is 2. The maximum absolute atomic E-state index is 12.4. The van der Waals surface area contributed by atoms with Crippen molar-refractivity contribution in [3.8, 4) is 0 Å². The summed E-state index contributed by atoms with van der Waals surface area (Å²) >= 11 is 0. The molecule has 2 unspecified atom stereocenters. The number of piperidine rings is 2. The van der Waals surface area contributed by atoms with Crippen molar-refractivity contribution in [3.05, 3.63) is 0 Å². The Labute approximate surface area is 117 Å². The highest BCUT2D eigenvalue weighted by atomic mass is 16.2. The van der Waals surface area contributed by atoms with E-state index in [1.54, 1.807) is 0 Å². The normalized spacial score (nSPS) is 32.9. The van der Waals surface area contributed by atoms with Crippen LogP contribution in [0, 0.1) is 17.8 Å². The summed E-state index contributed by atoms with van der Waals surface area (Å²) in [6, 6.07) is 0. The molecule has 0 spiro atoms. The van der Waals surface area contributed by atoms with Gasteiger partial charge in [0.2, 0.25) is 5.91 Å². The van der Waals surface area contributed by atoms with E-state index in [2.05, 4.69) is 10.2 Å². The van der Waals surface area contributed by atoms with Gasteiger partial charge in [-0.2, -0.15) is 0 Å². The second-order valence-corrected chi connectivity index (χ2v) is 6.83. The number of nitrogens with zero attached hydrogens (tertiary/aromatic N) is 1. The van der Waals surface area contributed by atoms with Gasteiger partial charge in [0.15, 0.2) is 0 Å². The minimum atomic E-state index is 0.441. The van der Waals surface area contributed by atoms with Crippen LogP contribution >= 0.6 is 0 Å². The van der Waals surface area contributed by atoms with E-state index >= 15 is 0 Å². The molecule has 0 radical (unpaired) electrons. The van der Waals surface area contributed by atoms with Crippen LogP contribution in [0.1, 0.15) is 51.4 Å². The number of hydrogen-bond donors (Lipinski definition) is 1. The van der Waals surface area contributed by atoms with Crippen molar-refractivity contribution in [1.82, 2.24) is 10.2 Å². The summed E-state index contributed by atoms with van der Waals surface area (Å²) < 4.78 is 0. The number of nitrogens with one attached hydrogen (secondary N) is 1. The monoisotopic (exact) mass is 264 g/mol. The van der Waals surface area contributed by atoms with Gasteiger partial charge in [0.05, 0.1) is 0 Å². The van der Waals surface area contributed by atoms with Gasteiger partial charge in [0.25, 0.3) is 0 Å². The third-order valence-corrected chi connectivity index (χ3v) is 5.57. The molecule has 108 valence electrons. The molecule has 3 nitrogen and oxygen atoms in total. The van der Waals surface area contributed by atoms with Gasteiger partial charge in [0, 0.05) is 19.5 Å². The molecule has 3 rings (SSSR count). The molecule has 3 heteroatoms. The Morgan fingerprint density at radius 2 is 1.74 bits per heavy atom. The van der Waals surface area contributed by atoms with Crippen LogP contribution in [0.15, 0.2) is 0 Å². The van der Waals surface area contributed by atoms with E-state index in [1.165, 1.54) is 44.9 Å². The molecule has 0 aromatic heterocycles. The summed E-state index contributed by atoms with van der Waals surface area (Å²) in [5, 5.41) is 3.38. The lowest BCUT2D eigenvalue weighted by molar-refractivity contribution is -0.135. The quantitative estimate of drug-likeness (QED) is 0.830. The molecule has 19 heavy (non-hydrogen) atoms. The summed E-state index contributed by atoms with van der Waals surface area (Å²) in [5.41, 5.74) is 0. The van der Waals surface area contributed by atoms with Gasteiger partial charge in [-0.25, -0.2) is 0 Å². The number of likely N-dealkylation sites (tertiary alicyclic amines) is 1. The molecule has 0 aromatic carbocycles. The van der Waals surface area contributed by atoms with Crippen LogP contribution in [-0.4, -0.2) is 37.0 Å². The third-order valence-electron chi connectivity index (χ3n) is 5.57. The number of fused-ring (bicyclic) bond motifs is 1. The van der Waals surface area contributed by atoms with Crippen molar-refractivity contribution in [2.45, 2.75) is 51.4 Å². The summed E-state index contributed by atoms with van der Waals surface area (Å²) in [6.07, 6.45) is 10.0. The molecule has 1 saturated carbocycles. The molecule has 3 aliphatic rings. The van der Waals surface area contributed by atoms with Crippen LogP contribution in [0.4, 0.5) is 0 Å². The van der Waals surface area contributed by atoms with Crippen LogP contribution in [0.3, 0.4) is 0 Å². The van der Waals surface area contributed by atoms with E-state index in [9.17, 15) is 4.79 Å². The van der Waals surface area contributed by atoms with Gasteiger partial charge >= 0.3 is 0 Å². The molecule has 0 aromatic rings. The van der Waals surface area contributed by atoms with E-state index in [4.69, 9.17) is 0 Å². The zero-order valence-electron chi connectivity index (χ0n) is 12.1. The number of carbonyl (C=O) groups excluding carboxylic acids is 1. The van der Waals surface area contributed by atoms with E-state index in [0.717, 1.165) is 44.4 Å². The molecule has 1 amide bonds. The smallest absolute Gasteiger partial charge is 0.222 e. The van der Waals surface area contributed by atoms with Crippen molar-refractivity contribution < 1.29 is 4.79 Å². The van der Waals surface area contributed by atoms with Crippen molar-refractivity contribution in [1.29, 1.82) is 0 Å². The van der Waals surface area contributed by atoms with E-state index in [1.807, 2.05) is 0 Å². The maximum Gasteiger partial charge on any atom is 0.222 e. The Morgan fingerprint density at radius 3 is 2.53 bits per heavy atom. The minimum Gasteiger partial charge on any atom is -0.342 e. The first kappa shape index (κ1) is 13.4. The summed E-state index contributed by atoms with van der Waals surface area (Å²) in [6.45, 7) is 4.30. The van der Waals surface area contributed by atoms with Gasteiger partial charge < -0.3 is 10.2 Å². The molecule has 0 bridgehead atoms. The van der Waals surface area contributed by atoms with Gasteiger partial charge in [-0.15, -0.1) is 0 Å². The first-order chi connectivity index (χ1) is 9.33. The number of hydrogen-bond acceptors (Lipinski definition) is 2. The molecular formula is C16H28N2O. The van der Waals surface area contributed by atoms with Gasteiger partial charge in [-0.1, -0.05) is 19.3 Å². The van der Waals surface area contributed by atoms with Crippen LogP contribution in [-0.2, 0) is 4.79 Å². The second-order valence-electron chi connectivity index (χ2n) is 6.83. The van der Waals surface area contributed by atoms with E-state index < -0.39 is 0 Å². The van der Waals surface area contributed by atoms with Crippen LogP contribution in [0.2, 0.25) is 0 Å². The molecule has 3 fully saturated rings. The molecule has 2 saturated heterocycles. The van der Waals surface area contributed by atoms with Crippen LogP contribution in [0.25, 0.3) is 0 Å². The van der Waals surface area contributed by atoms with Crippen LogP contribution < -0.4 is 5.32 Å². The zero-order valence-corrected chi connectivity index (χ0v) is 12.1. The molecular weight excluding hydrogens is 236 g/mol. The Bertz CT molecular complexity index is 312. The highest BCUT2D eigenvalue weighted by Gasteiger charge is 2.33. The standard InChI is InChI=1S/C16H28N2O/c19-16(11-13-5-8-17-9-6-13)18-10-7-14-3-1-2-4-15(14)12-18/h13-15,17H,1-12H2.